The van der Waals surface area contributed by atoms with Crippen molar-refractivity contribution in [1.29, 1.82) is 0 Å². The van der Waals surface area contributed by atoms with Crippen molar-refractivity contribution in [2.45, 2.75) is 50.7 Å². The largest absolute Gasteiger partial charge is 0.386 e. The van der Waals surface area contributed by atoms with Crippen LogP contribution >= 0.6 is 0 Å². The van der Waals surface area contributed by atoms with E-state index in [1.54, 1.807) is 7.11 Å². The van der Waals surface area contributed by atoms with Gasteiger partial charge in [0.15, 0.2) is 0 Å². The maximum Gasteiger partial charge on any atom is 0.105 e. The van der Waals surface area contributed by atoms with Gasteiger partial charge >= 0.3 is 0 Å². The highest BCUT2D eigenvalue weighted by Crippen LogP contribution is 2.37. The van der Waals surface area contributed by atoms with Crippen molar-refractivity contribution in [3.63, 3.8) is 0 Å². The van der Waals surface area contributed by atoms with E-state index >= 15 is 0 Å². The highest BCUT2D eigenvalue weighted by molar-refractivity contribution is 5.29. The summed E-state index contributed by atoms with van der Waals surface area (Å²) < 4.78 is 5.31. The summed E-state index contributed by atoms with van der Waals surface area (Å²) >= 11 is 0. The zero-order chi connectivity index (χ0) is 12.3. The predicted octanol–water partition coefficient (Wildman–Crippen LogP) is 3.41. The molecule has 2 atom stereocenters. The van der Waals surface area contributed by atoms with Gasteiger partial charge in [-0.3, -0.25) is 0 Å². The van der Waals surface area contributed by atoms with Crippen LogP contribution in [0.25, 0.3) is 0 Å². The van der Waals surface area contributed by atoms with E-state index in [0.29, 0.717) is 5.92 Å². The molecular weight excluding hydrogens is 212 g/mol. The summed E-state index contributed by atoms with van der Waals surface area (Å²) in [4.78, 5) is 0. The van der Waals surface area contributed by atoms with E-state index < -0.39 is 6.10 Å². The predicted molar refractivity (Wildman–Crippen MR) is 69.1 cm³/mol. The number of aliphatic hydroxyl groups excluding tert-OH is 1. The molecule has 94 valence electrons. The lowest BCUT2D eigenvalue weighted by Crippen LogP contribution is -2.20. The van der Waals surface area contributed by atoms with Gasteiger partial charge in [-0.2, -0.15) is 0 Å². The van der Waals surface area contributed by atoms with Crippen molar-refractivity contribution in [3.05, 3.63) is 35.4 Å². The van der Waals surface area contributed by atoms with Gasteiger partial charge in [0.25, 0.3) is 0 Å². The Bertz CT molecular complexity index is 354. The van der Waals surface area contributed by atoms with Crippen molar-refractivity contribution in [1.82, 2.24) is 0 Å². The van der Waals surface area contributed by atoms with Crippen molar-refractivity contribution in [3.8, 4) is 0 Å². The van der Waals surface area contributed by atoms with Crippen LogP contribution in [0.1, 0.15) is 55.8 Å². The van der Waals surface area contributed by atoms with E-state index in [0.717, 1.165) is 12.0 Å². The fourth-order valence-corrected chi connectivity index (χ4v) is 2.47. The normalized spacial score (nSPS) is 19.7. The van der Waals surface area contributed by atoms with Crippen molar-refractivity contribution < 1.29 is 9.84 Å². The van der Waals surface area contributed by atoms with Gasteiger partial charge in [-0.1, -0.05) is 37.6 Å². The Morgan fingerprint density at radius 3 is 2.71 bits per heavy atom. The van der Waals surface area contributed by atoms with E-state index in [2.05, 4.69) is 18.2 Å². The maximum atomic E-state index is 10.3. The van der Waals surface area contributed by atoms with E-state index in [1.807, 2.05) is 13.0 Å². The molecule has 0 aliphatic heterocycles. The van der Waals surface area contributed by atoms with Gasteiger partial charge in [0, 0.05) is 7.11 Å². The molecule has 17 heavy (non-hydrogen) atoms. The average molecular weight is 234 g/mol. The topological polar surface area (TPSA) is 29.5 Å². The molecule has 1 saturated carbocycles. The first kappa shape index (κ1) is 12.6. The molecule has 1 aromatic rings. The van der Waals surface area contributed by atoms with Crippen molar-refractivity contribution in [2.75, 3.05) is 7.11 Å². The maximum absolute atomic E-state index is 10.3. The minimum Gasteiger partial charge on any atom is -0.386 e. The molecule has 0 radical (unpaired) electrons. The molecule has 2 unspecified atom stereocenters. The summed E-state index contributed by atoms with van der Waals surface area (Å²) in [5.74, 6) is 0.713. The number of methoxy groups -OCH3 is 1. The van der Waals surface area contributed by atoms with Crippen LogP contribution in [-0.2, 0) is 4.74 Å². The van der Waals surface area contributed by atoms with Crippen LogP contribution in [-0.4, -0.2) is 18.3 Å². The fourth-order valence-electron chi connectivity index (χ4n) is 2.47. The van der Waals surface area contributed by atoms with Crippen molar-refractivity contribution in [2.24, 2.45) is 0 Å². The molecule has 0 amide bonds. The van der Waals surface area contributed by atoms with E-state index in [4.69, 9.17) is 4.74 Å². The second-order valence-electron chi connectivity index (χ2n) is 4.93. The zero-order valence-electron chi connectivity index (χ0n) is 10.7. The molecular formula is C15H22O2. The summed E-state index contributed by atoms with van der Waals surface area (Å²) in [6.07, 6.45) is 4.14. The Kier molecular flexibility index (Phi) is 4.19. The molecule has 0 heterocycles. The molecule has 1 aliphatic rings. The monoisotopic (exact) mass is 234 g/mol. The number of benzene rings is 1. The molecule has 0 aromatic heterocycles. The summed E-state index contributed by atoms with van der Waals surface area (Å²) in [5, 5.41) is 10.3. The summed E-state index contributed by atoms with van der Waals surface area (Å²) in [6.45, 7) is 2.03. The van der Waals surface area contributed by atoms with Crippen LogP contribution in [0.5, 0.6) is 0 Å². The first-order valence-electron chi connectivity index (χ1n) is 6.57. The lowest BCUT2D eigenvalue weighted by molar-refractivity contribution is -0.0149. The quantitative estimate of drug-likeness (QED) is 0.846. The SMILES string of the molecule is CCC(OC)C(O)c1cccc(C2CCC2)c1. The number of ether oxygens (including phenoxy) is 1. The van der Waals surface area contributed by atoms with Crippen molar-refractivity contribution >= 4 is 0 Å². The lowest BCUT2D eigenvalue weighted by atomic mass is 9.79. The van der Waals surface area contributed by atoms with Gasteiger partial charge < -0.3 is 9.84 Å². The third-order valence-corrected chi connectivity index (χ3v) is 3.89. The van der Waals surface area contributed by atoms with E-state index in [1.165, 1.54) is 24.8 Å². The standard InChI is InChI=1S/C15H22O2/c1-3-14(17-2)15(16)13-9-5-8-12(10-13)11-6-4-7-11/h5,8-11,14-16H,3-4,6-7H2,1-2H3. The molecule has 1 aliphatic carbocycles. The minimum absolute atomic E-state index is 0.105. The molecule has 0 bridgehead atoms. The molecule has 1 N–H and O–H groups in total. The number of hydrogen-bond donors (Lipinski definition) is 1. The number of rotatable bonds is 5. The van der Waals surface area contributed by atoms with E-state index in [-0.39, 0.29) is 6.10 Å². The average Bonchev–Trinajstić information content (AvgIpc) is 2.28. The van der Waals surface area contributed by atoms with Crippen LogP contribution in [0.2, 0.25) is 0 Å². The Balaban J connectivity index is 2.14. The van der Waals surface area contributed by atoms with Crippen LogP contribution < -0.4 is 0 Å². The third-order valence-electron chi connectivity index (χ3n) is 3.89. The molecule has 1 aromatic carbocycles. The van der Waals surface area contributed by atoms with Gasteiger partial charge in [0.05, 0.1) is 6.10 Å². The molecule has 2 rings (SSSR count). The van der Waals surface area contributed by atoms with Crippen LogP contribution in [0.15, 0.2) is 24.3 Å². The first-order chi connectivity index (χ1) is 8.26. The first-order valence-corrected chi connectivity index (χ1v) is 6.57. The third kappa shape index (κ3) is 2.70. The zero-order valence-corrected chi connectivity index (χ0v) is 10.7. The van der Waals surface area contributed by atoms with Crippen LogP contribution in [0.4, 0.5) is 0 Å². The molecule has 2 heteroatoms. The smallest absolute Gasteiger partial charge is 0.105 e. The number of aliphatic hydroxyl groups is 1. The van der Waals surface area contributed by atoms with Gasteiger partial charge in [-0.15, -0.1) is 0 Å². The Morgan fingerprint density at radius 1 is 1.41 bits per heavy atom. The minimum atomic E-state index is -0.509. The Morgan fingerprint density at radius 2 is 2.18 bits per heavy atom. The Labute approximate surface area is 104 Å². The highest BCUT2D eigenvalue weighted by Gasteiger charge is 2.22. The molecule has 2 nitrogen and oxygen atoms in total. The Hall–Kier alpha value is -0.860. The number of hydrogen-bond acceptors (Lipinski definition) is 2. The van der Waals surface area contributed by atoms with Gasteiger partial charge in [-0.25, -0.2) is 0 Å². The lowest BCUT2D eigenvalue weighted by Gasteiger charge is -2.27. The summed E-state index contributed by atoms with van der Waals surface area (Å²) in [5.41, 5.74) is 2.36. The molecule has 0 spiro atoms. The van der Waals surface area contributed by atoms with Crippen LogP contribution in [0.3, 0.4) is 0 Å². The van der Waals surface area contributed by atoms with Gasteiger partial charge in [-0.05, 0) is 36.3 Å². The fraction of sp³-hybridized carbons (Fsp3) is 0.600. The highest BCUT2D eigenvalue weighted by atomic mass is 16.5. The summed E-state index contributed by atoms with van der Waals surface area (Å²) in [7, 11) is 1.66. The molecule has 1 fully saturated rings. The molecule has 0 saturated heterocycles. The second-order valence-corrected chi connectivity index (χ2v) is 4.93. The second kappa shape index (κ2) is 5.65. The van der Waals surface area contributed by atoms with Gasteiger partial charge in [0.2, 0.25) is 0 Å². The van der Waals surface area contributed by atoms with Crippen LogP contribution in [0, 0.1) is 0 Å². The van der Waals surface area contributed by atoms with E-state index in [9.17, 15) is 5.11 Å². The summed E-state index contributed by atoms with van der Waals surface area (Å²) in [6, 6.07) is 8.37. The van der Waals surface area contributed by atoms with Gasteiger partial charge in [0.1, 0.15) is 6.10 Å².